The highest BCUT2D eigenvalue weighted by atomic mass is 19.1. The molecule has 1 aliphatic carbocycles. The van der Waals surface area contributed by atoms with Crippen molar-refractivity contribution in [2.24, 2.45) is 0 Å². The molecule has 1 aromatic heterocycles. The molecule has 2 nitrogen and oxygen atoms in total. The average Bonchev–Trinajstić information content (AvgIpc) is 3.40. The highest BCUT2D eigenvalue weighted by molar-refractivity contribution is 6.06. The van der Waals surface area contributed by atoms with Gasteiger partial charge in [0.05, 0.1) is 6.10 Å². The lowest BCUT2D eigenvalue weighted by molar-refractivity contribution is 0.201. The summed E-state index contributed by atoms with van der Waals surface area (Å²) < 4.78 is 42.0. The van der Waals surface area contributed by atoms with Crippen molar-refractivity contribution in [3.8, 4) is 16.9 Å². The van der Waals surface area contributed by atoms with Crippen molar-refractivity contribution in [2.45, 2.75) is 51.6 Å². The number of benzene rings is 3. The molecule has 1 saturated carbocycles. The smallest absolute Gasteiger partial charge is 0.208 e. The summed E-state index contributed by atoms with van der Waals surface area (Å²) in [6.07, 6.45) is 6.19. The molecule has 1 heterocycles. The lowest BCUT2D eigenvalue weighted by Crippen LogP contribution is -2.11. The highest BCUT2D eigenvalue weighted by Crippen LogP contribution is 2.39. The first-order chi connectivity index (χ1) is 14.7. The second-order valence-electron chi connectivity index (χ2n) is 8.13. The van der Waals surface area contributed by atoms with E-state index in [-0.39, 0.29) is 23.0 Å². The lowest BCUT2D eigenvalue weighted by atomic mass is 10.0. The molecule has 1 fully saturated rings. The molecule has 3 aromatic carbocycles. The summed E-state index contributed by atoms with van der Waals surface area (Å²) in [5, 5.41) is 1.13. The third-order valence-corrected chi connectivity index (χ3v) is 6.05. The Morgan fingerprint density at radius 1 is 0.867 bits per heavy atom. The molecule has 0 N–H and O–H groups in total. The summed E-state index contributed by atoms with van der Waals surface area (Å²) in [5.74, 6) is -0.842. The van der Waals surface area contributed by atoms with Gasteiger partial charge in [-0.15, -0.1) is 0 Å². The summed E-state index contributed by atoms with van der Waals surface area (Å²) >= 11 is 0. The first kappa shape index (κ1) is 19.1. The lowest BCUT2D eigenvalue weighted by Gasteiger charge is -2.13. The predicted octanol–water partition coefficient (Wildman–Crippen LogP) is 7.81. The van der Waals surface area contributed by atoms with E-state index < -0.39 is 11.6 Å². The van der Waals surface area contributed by atoms with Crippen LogP contribution in [0, 0.1) is 11.6 Å². The normalized spacial score (nSPS) is 14.8. The minimum absolute atomic E-state index is 0.0420. The Labute approximate surface area is 174 Å². The Morgan fingerprint density at radius 3 is 2.23 bits per heavy atom. The molecule has 30 heavy (non-hydrogen) atoms. The molecule has 0 aliphatic heterocycles. The first-order valence-corrected chi connectivity index (χ1v) is 10.7. The van der Waals surface area contributed by atoms with E-state index >= 15 is 8.78 Å². The average molecular weight is 406 g/mol. The van der Waals surface area contributed by atoms with E-state index in [1.165, 1.54) is 5.56 Å². The Balaban J connectivity index is 1.57. The molecule has 4 aromatic rings. The molecule has 4 heteroatoms. The maximum Gasteiger partial charge on any atom is 0.208 e. The fourth-order valence-electron chi connectivity index (χ4n) is 4.46. The molecule has 0 spiro atoms. The van der Waals surface area contributed by atoms with E-state index in [9.17, 15) is 0 Å². The van der Waals surface area contributed by atoms with Gasteiger partial charge in [-0.3, -0.25) is 0 Å². The van der Waals surface area contributed by atoms with Crippen LogP contribution < -0.4 is 4.74 Å². The van der Waals surface area contributed by atoms with Crippen LogP contribution in [0.15, 0.2) is 52.9 Å². The van der Waals surface area contributed by atoms with Crippen LogP contribution in [-0.2, 0) is 6.42 Å². The number of furan rings is 1. The summed E-state index contributed by atoms with van der Waals surface area (Å²) in [5.41, 5.74) is 2.59. The van der Waals surface area contributed by atoms with Gasteiger partial charge in [-0.2, -0.15) is 4.39 Å². The van der Waals surface area contributed by atoms with Crippen molar-refractivity contribution in [3.05, 3.63) is 65.7 Å². The van der Waals surface area contributed by atoms with Gasteiger partial charge in [-0.05, 0) is 61.4 Å². The number of ether oxygens (including phenoxy) is 1. The van der Waals surface area contributed by atoms with Gasteiger partial charge < -0.3 is 9.15 Å². The molecule has 1 aliphatic rings. The minimum Gasteiger partial charge on any atom is -0.487 e. The van der Waals surface area contributed by atoms with Crippen LogP contribution in [0.2, 0.25) is 0 Å². The largest absolute Gasteiger partial charge is 0.487 e. The van der Waals surface area contributed by atoms with Gasteiger partial charge in [-0.1, -0.05) is 43.7 Å². The molecular formula is C26H24F2O2. The second-order valence-corrected chi connectivity index (χ2v) is 8.13. The zero-order chi connectivity index (χ0) is 20.7. The van der Waals surface area contributed by atoms with Crippen LogP contribution in [0.25, 0.3) is 33.1 Å². The van der Waals surface area contributed by atoms with E-state index in [1.807, 2.05) is 24.3 Å². The maximum atomic E-state index is 15.4. The Hall–Kier alpha value is -2.88. The van der Waals surface area contributed by atoms with Crippen molar-refractivity contribution in [1.82, 2.24) is 0 Å². The molecular weight excluding hydrogens is 382 g/mol. The van der Waals surface area contributed by atoms with E-state index in [0.717, 1.165) is 44.1 Å². The topological polar surface area (TPSA) is 22.4 Å². The van der Waals surface area contributed by atoms with Gasteiger partial charge in [-0.25, -0.2) is 4.39 Å². The van der Waals surface area contributed by atoms with Gasteiger partial charge in [0.1, 0.15) is 0 Å². The molecule has 0 radical (unpaired) electrons. The first-order valence-electron chi connectivity index (χ1n) is 10.7. The van der Waals surface area contributed by atoms with E-state index in [0.29, 0.717) is 16.3 Å². The van der Waals surface area contributed by atoms with Crippen LogP contribution in [-0.4, -0.2) is 6.10 Å². The number of hydrogen-bond donors (Lipinski definition) is 0. The number of fused-ring (bicyclic) bond motifs is 3. The number of rotatable bonds is 5. The summed E-state index contributed by atoms with van der Waals surface area (Å²) in [6, 6.07) is 14.8. The summed E-state index contributed by atoms with van der Waals surface area (Å²) in [4.78, 5) is 0. The molecule has 154 valence electrons. The third kappa shape index (κ3) is 3.24. The third-order valence-electron chi connectivity index (χ3n) is 6.05. The van der Waals surface area contributed by atoms with Crippen molar-refractivity contribution in [3.63, 3.8) is 0 Å². The molecule has 0 atom stereocenters. The highest BCUT2D eigenvalue weighted by Gasteiger charge is 2.23. The predicted molar refractivity (Wildman–Crippen MR) is 116 cm³/mol. The van der Waals surface area contributed by atoms with Gasteiger partial charge in [0.25, 0.3) is 0 Å². The van der Waals surface area contributed by atoms with Crippen molar-refractivity contribution in [2.75, 3.05) is 0 Å². The zero-order valence-corrected chi connectivity index (χ0v) is 17.0. The van der Waals surface area contributed by atoms with E-state index in [2.05, 4.69) is 6.92 Å². The number of aryl methyl sites for hydroxylation is 1. The van der Waals surface area contributed by atoms with Crippen LogP contribution >= 0.6 is 0 Å². The van der Waals surface area contributed by atoms with Crippen molar-refractivity contribution >= 4 is 21.9 Å². The Morgan fingerprint density at radius 2 is 1.53 bits per heavy atom. The molecule has 0 unspecified atom stereocenters. The SMILES string of the molecule is CCCc1ccc(-c2ccc3c(oc4c(F)c(OC5CCCC5)ccc43)c2F)cc1. The Kier molecular flexibility index (Phi) is 4.93. The molecule has 0 saturated heterocycles. The number of halogens is 2. The van der Waals surface area contributed by atoms with Crippen molar-refractivity contribution < 1.29 is 17.9 Å². The van der Waals surface area contributed by atoms with E-state index in [4.69, 9.17) is 9.15 Å². The Bertz CT molecular complexity index is 1200. The number of hydrogen-bond acceptors (Lipinski definition) is 2. The fraction of sp³-hybridized carbons (Fsp3) is 0.308. The van der Waals surface area contributed by atoms with Crippen LogP contribution in [0.3, 0.4) is 0 Å². The van der Waals surface area contributed by atoms with Gasteiger partial charge in [0.2, 0.25) is 5.82 Å². The van der Waals surface area contributed by atoms with Crippen molar-refractivity contribution in [1.29, 1.82) is 0 Å². The second kappa shape index (κ2) is 7.75. The van der Waals surface area contributed by atoms with E-state index in [1.54, 1.807) is 24.3 Å². The van der Waals surface area contributed by atoms with Gasteiger partial charge in [0, 0.05) is 16.3 Å². The standard InChI is InChI=1S/C26H24F2O2/c1-2-5-16-8-10-17(11-9-16)19-12-13-20-21-14-15-22(29-18-6-3-4-7-18)24(28)26(21)30-25(20)23(19)27/h8-15,18H,2-7H2,1H3. The minimum atomic E-state index is -0.555. The van der Waals surface area contributed by atoms with Gasteiger partial charge in [0.15, 0.2) is 22.7 Å². The molecule has 5 rings (SSSR count). The van der Waals surface area contributed by atoms with Gasteiger partial charge >= 0.3 is 0 Å². The van der Waals surface area contributed by atoms with Crippen LogP contribution in [0.4, 0.5) is 8.78 Å². The molecule has 0 bridgehead atoms. The summed E-state index contributed by atoms with van der Waals surface area (Å²) in [7, 11) is 0. The fourth-order valence-corrected chi connectivity index (χ4v) is 4.46. The van der Waals surface area contributed by atoms with Crippen LogP contribution in [0.5, 0.6) is 5.75 Å². The quantitative estimate of drug-likeness (QED) is 0.337. The zero-order valence-electron chi connectivity index (χ0n) is 17.0. The monoisotopic (exact) mass is 406 g/mol. The summed E-state index contributed by atoms with van der Waals surface area (Å²) in [6.45, 7) is 2.13. The van der Waals surface area contributed by atoms with Crippen LogP contribution in [0.1, 0.15) is 44.6 Å². The molecule has 0 amide bonds. The maximum absolute atomic E-state index is 15.4.